The second-order valence-corrected chi connectivity index (χ2v) is 14.8. The first-order chi connectivity index (χ1) is 17.7. The van der Waals surface area contributed by atoms with Gasteiger partial charge in [-0.05, 0) is 126 Å². The van der Waals surface area contributed by atoms with Gasteiger partial charge in [-0.1, -0.05) is 43.4 Å². The molecule has 3 heteroatoms. The van der Waals surface area contributed by atoms with Gasteiger partial charge in [0.05, 0.1) is 0 Å². The van der Waals surface area contributed by atoms with Gasteiger partial charge in [0.15, 0.2) is 5.78 Å². The zero-order chi connectivity index (χ0) is 27.7. The average molecular weight is 516 g/mol. The largest absolute Gasteiger partial charge is 0.377 e. The summed E-state index contributed by atoms with van der Waals surface area (Å²) in [5.41, 5.74) is 2.74. The summed E-state index contributed by atoms with van der Waals surface area (Å²) in [5, 5.41) is 12.2. The molecule has 7 atom stereocenters. The fourth-order valence-electron chi connectivity index (χ4n) is 8.82. The molecule has 0 bridgehead atoms. The van der Waals surface area contributed by atoms with Crippen molar-refractivity contribution in [1.29, 1.82) is 0 Å². The zero-order valence-corrected chi connectivity index (χ0v) is 25.0. The maximum Gasteiger partial charge on any atom is 0.155 e. The number of nitrogens with zero attached hydrogens (tertiary/aromatic N) is 1. The number of hydrogen-bond acceptors (Lipinski definition) is 3. The van der Waals surface area contributed by atoms with Crippen LogP contribution in [0.25, 0.3) is 0 Å². The van der Waals surface area contributed by atoms with Crippen molar-refractivity contribution in [2.24, 2.45) is 34.0 Å². The summed E-state index contributed by atoms with van der Waals surface area (Å²) in [6.07, 6.45) is 8.53. The zero-order valence-electron chi connectivity index (χ0n) is 25.0. The highest BCUT2D eigenvalue weighted by atomic mass is 16.3. The minimum atomic E-state index is -0.953. The molecule has 4 aliphatic carbocycles. The molecule has 206 valence electrons. The summed E-state index contributed by atoms with van der Waals surface area (Å²) in [5.74, 6) is 9.01. The van der Waals surface area contributed by atoms with E-state index < -0.39 is 5.60 Å². The number of allylic oxidation sites excluding steroid dienone is 1. The van der Waals surface area contributed by atoms with Gasteiger partial charge in [-0.2, -0.15) is 0 Å². The highest BCUT2D eigenvalue weighted by molar-refractivity contribution is 5.91. The predicted octanol–water partition coefficient (Wildman–Crippen LogP) is 7.54. The average Bonchev–Trinajstić information content (AvgIpc) is 3.12. The van der Waals surface area contributed by atoms with Crippen LogP contribution in [-0.4, -0.2) is 29.6 Å². The Balaban J connectivity index is 1.61. The molecule has 1 aromatic carbocycles. The van der Waals surface area contributed by atoms with Crippen molar-refractivity contribution in [3.05, 3.63) is 41.5 Å². The molecule has 38 heavy (non-hydrogen) atoms. The van der Waals surface area contributed by atoms with Crippen molar-refractivity contribution in [2.45, 2.75) is 111 Å². The van der Waals surface area contributed by atoms with E-state index in [0.717, 1.165) is 38.5 Å². The van der Waals surface area contributed by atoms with E-state index in [1.165, 1.54) is 16.8 Å². The second kappa shape index (κ2) is 9.26. The van der Waals surface area contributed by atoms with E-state index >= 15 is 0 Å². The van der Waals surface area contributed by atoms with E-state index in [9.17, 15) is 9.90 Å². The monoisotopic (exact) mass is 515 g/mol. The molecule has 0 spiro atoms. The molecule has 1 aromatic rings. The Morgan fingerprint density at radius 2 is 1.74 bits per heavy atom. The van der Waals surface area contributed by atoms with Gasteiger partial charge in [0.25, 0.3) is 0 Å². The number of ketones is 1. The summed E-state index contributed by atoms with van der Waals surface area (Å²) < 4.78 is 0. The molecule has 0 aliphatic heterocycles. The maximum absolute atomic E-state index is 12.5. The Morgan fingerprint density at radius 1 is 1.05 bits per heavy atom. The van der Waals surface area contributed by atoms with Gasteiger partial charge in [-0.25, -0.2) is 0 Å². The number of hydrogen-bond donors (Lipinski definition) is 1. The summed E-state index contributed by atoms with van der Waals surface area (Å²) in [7, 11) is 2.16. The Morgan fingerprint density at radius 3 is 2.37 bits per heavy atom. The summed E-state index contributed by atoms with van der Waals surface area (Å²) in [6, 6.07) is 9.71. The van der Waals surface area contributed by atoms with Crippen LogP contribution in [0.1, 0.15) is 105 Å². The SMILES string of the molecule is CC(C)N(C)c1ccc([C@H]2C[C@@]3(C)[C@@H](CC[C@@]3(O)C#CC(C)(C)C)[C@@H]3CCC4=CC(=O)CC[C@]4(C)[C@H]32)cc1. The highest BCUT2D eigenvalue weighted by Crippen LogP contribution is 2.70. The highest BCUT2D eigenvalue weighted by Gasteiger charge is 2.66. The Kier molecular flexibility index (Phi) is 6.71. The number of anilines is 1. The lowest BCUT2D eigenvalue weighted by atomic mass is 9.43. The fraction of sp³-hybridized carbons (Fsp3) is 0.686. The van der Waals surface area contributed by atoms with Gasteiger partial charge >= 0.3 is 0 Å². The second-order valence-electron chi connectivity index (χ2n) is 14.8. The quantitative estimate of drug-likeness (QED) is 0.423. The normalized spacial score (nSPS) is 38.5. The lowest BCUT2D eigenvalue weighted by Crippen LogP contribution is -2.57. The number of rotatable bonds is 3. The summed E-state index contributed by atoms with van der Waals surface area (Å²) >= 11 is 0. The fourth-order valence-corrected chi connectivity index (χ4v) is 8.82. The summed E-state index contributed by atoms with van der Waals surface area (Å²) in [4.78, 5) is 14.8. The molecule has 1 N–H and O–H groups in total. The molecule has 0 aromatic heterocycles. The van der Waals surface area contributed by atoms with E-state index in [1.54, 1.807) is 0 Å². The number of aliphatic hydroxyl groups is 1. The molecule has 3 fully saturated rings. The van der Waals surface area contributed by atoms with Crippen molar-refractivity contribution in [2.75, 3.05) is 11.9 Å². The van der Waals surface area contributed by atoms with Crippen LogP contribution in [0.4, 0.5) is 5.69 Å². The van der Waals surface area contributed by atoms with Crippen LogP contribution in [0.2, 0.25) is 0 Å². The molecular formula is C35H49NO2. The standard InChI is InChI=1S/C35H49NO2/c1-23(2)36(8)26-12-9-24(10-13-26)29-22-34(7)30(16-18-35(34,38)20-19-32(3,4)5)28-14-11-25-21-27(37)15-17-33(25,6)31(28)29/h9-10,12-13,21,23,28-31,38H,11,14-18,22H2,1-8H3/t28-,29+,30-,31+,33-,34-,35+/m0/s1. The number of fused-ring (bicyclic) bond motifs is 5. The summed E-state index contributed by atoms with van der Waals surface area (Å²) in [6.45, 7) is 15.7. The molecule has 4 aliphatic rings. The van der Waals surface area contributed by atoms with Gasteiger partial charge in [0.1, 0.15) is 5.60 Å². The minimum absolute atomic E-state index is 0.0496. The van der Waals surface area contributed by atoms with Crippen molar-refractivity contribution < 1.29 is 9.90 Å². The van der Waals surface area contributed by atoms with Crippen molar-refractivity contribution in [3.8, 4) is 11.8 Å². The molecule has 3 nitrogen and oxygen atoms in total. The van der Waals surface area contributed by atoms with Gasteiger partial charge in [0.2, 0.25) is 0 Å². The van der Waals surface area contributed by atoms with Gasteiger partial charge in [-0.3, -0.25) is 4.79 Å². The van der Waals surface area contributed by atoms with Crippen molar-refractivity contribution in [3.63, 3.8) is 0 Å². The van der Waals surface area contributed by atoms with Crippen molar-refractivity contribution in [1.82, 2.24) is 0 Å². The third-order valence-electron chi connectivity index (χ3n) is 11.2. The van der Waals surface area contributed by atoms with E-state index in [1.807, 2.05) is 6.08 Å². The van der Waals surface area contributed by atoms with E-state index in [4.69, 9.17) is 0 Å². The molecular weight excluding hydrogens is 466 g/mol. The first kappa shape index (κ1) is 27.5. The minimum Gasteiger partial charge on any atom is -0.377 e. The van der Waals surface area contributed by atoms with Crippen LogP contribution in [0, 0.1) is 45.8 Å². The van der Waals surface area contributed by atoms with E-state index in [-0.39, 0.29) is 16.2 Å². The molecule has 0 heterocycles. The molecule has 0 unspecified atom stereocenters. The molecule has 0 amide bonds. The third kappa shape index (κ3) is 4.36. The van der Waals surface area contributed by atoms with Gasteiger partial charge < -0.3 is 10.0 Å². The van der Waals surface area contributed by atoms with Crippen LogP contribution in [-0.2, 0) is 4.79 Å². The molecule has 5 rings (SSSR count). The van der Waals surface area contributed by atoms with E-state index in [0.29, 0.717) is 41.9 Å². The predicted molar refractivity (Wildman–Crippen MR) is 157 cm³/mol. The molecule has 0 radical (unpaired) electrons. The first-order valence-corrected chi connectivity index (χ1v) is 15.0. The number of carbonyl (C=O) groups excluding carboxylic acids is 1. The van der Waals surface area contributed by atoms with Gasteiger partial charge in [0, 0.05) is 36.0 Å². The number of carbonyl (C=O) groups is 1. The molecule has 3 saturated carbocycles. The third-order valence-corrected chi connectivity index (χ3v) is 11.2. The lowest BCUT2D eigenvalue weighted by Gasteiger charge is -2.61. The van der Waals surface area contributed by atoms with Crippen molar-refractivity contribution >= 4 is 11.5 Å². The Bertz CT molecular complexity index is 1180. The van der Waals surface area contributed by atoms with Crippen LogP contribution in [0.15, 0.2) is 35.9 Å². The smallest absolute Gasteiger partial charge is 0.155 e. The number of benzene rings is 1. The topological polar surface area (TPSA) is 40.5 Å². The van der Waals surface area contributed by atoms with E-state index in [2.05, 4.69) is 96.5 Å². The lowest BCUT2D eigenvalue weighted by molar-refractivity contribution is -0.122. The molecule has 0 saturated heterocycles. The maximum atomic E-state index is 12.5. The van der Waals surface area contributed by atoms with Crippen LogP contribution < -0.4 is 4.90 Å². The Hall–Kier alpha value is -2.05. The van der Waals surface area contributed by atoms with Crippen LogP contribution in [0.3, 0.4) is 0 Å². The van der Waals surface area contributed by atoms with Gasteiger partial charge in [-0.15, -0.1) is 0 Å². The van der Waals surface area contributed by atoms with Crippen LogP contribution >= 0.6 is 0 Å². The first-order valence-electron chi connectivity index (χ1n) is 15.0. The Labute approximate surface area is 231 Å². The van der Waals surface area contributed by atoms with Crippen LogP contribution in [0.5, 0.6) is 0 Å².